The second-order valence-electron chi connectivity index (χ2n) is 6.58. The minimum Gasteiger partial charge on any atom is -0.493 e. The first kappa shape index (κ1) is 20.1. The summed E-state index contributed by atoms with van der Waals surface area (Å²) in [6.45, 7) is 1.15. The maximum Gasteiger partial charge on any atom is 0.276 e. The molecule has 152 valence electrons. The molecule has 3 aromatic rings. The molecule has 1 aromatic heterocycles. The Morgan fingerprint density at radius 1 is 0.966 bits per heavy atom. The van der Waals surface area contributed by atoms with E-state index in [0.29, 0.717) is 29.6 Å². The van der Waals surface area contributed by atoms with Gasteiger partial charge in [0, 0.05) is 29.7 Å². The summed E-state index contributed by atoms with van der Waals surface area (Å²) in [6.07, 6.45) is 1.77. The van der Waals surface area contributed by atoms with E-state index in [1.807, 2.05) is 0 Å². The van der Waals surface area contributed by atoms with Crippen molar-refractivity contribution in [3.05, 3.63) is 61.7 Å². The van der Waals surface area contributed by atoms with Gasteiger partial charge in [-0.05, 0) is 37.1 Å². The fourth-order valence-corrected chi connectivity index (χ4v) is 4.11. The first-order chi connectivity index (χ1) is 13.9. The molecular weight excluding hydrogens is 442 g/mol. The fraction of sp³-hybridized carbons (Fsp3) is 0.250. The van der Waals surface area contributed by atoms with Gasteiger partial charge in [-0.15, -0.1) is 0 Å². The summed E-state index contributed by atoms with van der Waals surface area (Å²) in [5.41, 5.74) is -0.219. The van der Waals surface area contributed by atoms with Crippen molar-refractivity contribution in [3.63, 3.8) is 0 Å². The van der Waals surface area contributed by atoms with E-state index in [9.17, 15) is 9.18 Å². The summed E-state index contributed by atoms with van der Waals surface area (Å²) in [5.74, 6) is 0.230. The van der Waals surface area contributed by atoms with Gasteiger partial charge in [0.1, 0.15) is 16.7 Å². The van der Waals surface area contributed by atoms with E-state index in [2.05, 4.69) is 0 Å². The first-order valence-electron chi connectivity index (χ1n) is 8.90. The van der Waals surface area contributed by atoms with E-state index in [4.69, 9.17) is 44.3 Å². The lowest BCUT2D eigenvalue weighted by molar-refractivity contribution is 0.356. The quantitative estimate of drug-likeness (QED) is 0.482. The van der Waals surface area contributed by atoms with Crippen LogP contribution in [-0.4, -0.2) is 16.5 Å². The molecule has 0 N–H and O–H groups in total. The van der Waals surface area contributed by atoms with Crippen LogP contribution in [0, 0.1) is 5.82 Å². The molecule has 0 aliphatic carbocycles. The van der Waals surface area contributed by atoms with Crippen molar-refractivity contribution in [1.82, 2.24) is 9.36 Å². The number of rotatable bonds is 4. The van der Waals surface area contributed by atoms with Crippen LogP contribution in [0.5, 0.6) is 17.2 Å². The normalized spacial score (nSPS) is 13.3. The molecule has 0 radical (unpaired) electrons. The molecule has 0 atom stereocenters. The smallest absolute Gasteiger partial charge is 0.276 e. The molecular formula is C20H16Cl3FN2O3. The van der Waals surface area contributed by atoms with E-state index >= 15 is 0 Å². The largest absolute Gasteiger partial charge is 0.493 e. The molecule has 0 saturated heterocycles. The van der Waals surface area contributed by atoms with Crippen molar-refractivity contribution >= 4 is 34.8 Å². The zero-order valence-corrected chi connectivity index (χ0v) is 17.6. The molecule has 0 spiro atoms. The van der Waals surface area contributed by atoms with Gasteiger partial charge in [-0.25, -0.2) is 9.07 Å². The summed E-state index contributed by atoms with van der Waals surface area (Å²) in [4.78, 5) is 12.9. The van der Waals surface area contributed by atoms with Crippen LogP contribution in [0.3, 0.4) is 0 Å². The summed E-state index contributed by atoms with van der Waals surface area (Å²) >= 11 is 18.6. The van der Waals surface area contributed by atoms with Crippen molar-refractivity contribution in [3.8, 4) is 28.4 Å². The molecule has 5 nitrogen and oxygen atoms in total. The topological polar surface area (TPSA) is 45.4 Å². The first-order valence-corrected chi connectivity index (χ1v) is 10.0. The van der Waals surface area contributed by atoms with E-state index in [1.165, 1.54) is 17.9 Å². The SMILES string of the molecule is COc1cc(Cl)ccc1Oc1cc(-c2c(Cl)n3n(c2=O)CCCC3)c(F)cc1Cl. The Morgan fingerprint density at radius 3 is 2.38 bits per heavy atom. The van der Waals surface area contributed by atoms with Crippen molar-refractivity contribution in [2.75, 3.05) is 7.11 Å². The highest BCUT2D eigenvalue weighted by Gasteiger charge is 2.25. The number of hydrogen-bond acceptors (Lipinski definition) is 3. The molecule has 0 amide bonds. The van der Waals surface area contributed by atoms with Crippen molar-refractivity contribution in [2.24, 2.45) is 0 Å². The molecule has 4 rings (SSSR count). The Kier molecular flexibility index (Phi) is 5.51. The Labute approximate surface area is 181 Å². The van der Waals surface area contributed by atoms with Gasteiger partial charge in [-0.2, -0.15) is 0 Å². The van der Waals surface area contributed by atoms with E-state index < -0.39 is 5.82 Å². The van der Waals surface area contributed by atoms with Gasteiger partial charge in [0.15, 0.2) is 11.5 Å². The lowest BCUT2D eigenvalue weighted by Crippen LogP contribution is -2.27. The number of hydrogen-bond donors (Lipinski definition) is 0. The number of halogens is 4. The van der Waals surface area contributed by atoms with Crippen LogP contribution in [0.15, 0.2) is 35.1 Å². The highest BCUT2D eigenvalue weighted by atomic mass is 35.5. The second-order valence-corrected chi connectivity index (χ2v) is 7.79. The number of aromatic nitrogens is 2. The Balaban J connectivity index is 1.82. The molecule has 2 aromatic carbocycles. The standard InChI is InChI=1S/C20H16Cl3FN2O3/c1-28-17-8-11(21)4-5-15(17)29-16-9-12(14(24)10-13(16)22)18-19(23)25-6-2-3-7-26(25)20(18)27/h4-5,8-10H,2-3,6-7H2,1H3. The third kappa shape index (κ3) is 3.61. The Morgan fingerprint density at radius 2 is 1.69 bits per heavy atom. The van der Waals surface area contributed by atoms with Gasteiger partial charge in [0.25, 0.3) is 5.56 Å². The fourth-order valence-electron chi connectivity index (χ4n) is 3.40. The molecule has 29 heavy (non-hydrogen) atoms. The van der Waals surface area contributed by atoms with Crippen molar-refractivity contribution in [2.45, 2.75) is 25.9 Å². The molecule has 9 heteroatoms. The van der Waals surface area contributed by atoms with Crippen LogP contribution >= 0.6 is 34.8 Å². The molecule has 2 heterocycles. The van der Waals surface area contributed by atoms with E-state index in [0.717, 1.165) is 18.9 Å². The number of ether oxygens (including phenoxy) is 2. The maximum absolute atomic E-state index is 14.8. The van der Waals surface area contributed by atoms with Crippen LogP contribution in [-0.2, 0) is 13.1 Å². The highest BCUT2D eigenvalue weighted by Crippen LogP contribution is 2.40. The molecule has 0 saturated carbocycles. The van der Waals surface area contributed by atoms with Crippen molar-refractivity contribution < 1.29 is 13.9 Å². The number of methoxy groups -OCH3 is 1. The third-order valence-corrected chi connectivity index (χ3v) is 5.71. The molecule has 1 aliphatic rings. The van der Waals surface area contributed by atoms with Crippen LogP contribution in [0.2, 0.25) is 15.2 Å². The predicted molar refractivity (Wildman–Crippen MR) is 111 cm³/mol. The predicted octanol–water partition coefficient (Wildman–Crippen LogP) is 6.01. The monoisotopic (exact) mass is 456 g/mol. The summed E-state index contributed by atoms with van der Waals surface area (Å²) in [7, 11) is 1.47. The summed E-state index contributed by atoms with van der Waals surface area (Å²) < 4.78 is 29.1. The average molecular weight is 458 g/mol. The third-order valence-electron chi connectivity index (χ3n) is 4.80. The lowest BCUT2D eigenvalue weighted by Gasteiger charge is -2.17. The number of fused-ring (bicyclic) bond motifs is 1. The molecule has 0 bridgehead atoms. The molecule has 0 unspecified atom stereocenters. The van der Waals surface area contributed by atoms with Crippen molar-refractivity contribution in [1.29, 1.82) is 0 Å². The van der Waals surface area contributed by atoms with Gasteiger partial charge in [-0.1, -0.05) is 34.8 Å². The van der Waals surface area contributed by atoms with Crippen LogP contribution in [0.25, 0.3) is 11.1 Å². The van der Waals surface area contributed by atoms with Gasteiger partial charge in [0.2, 0.25) is 0 Å². The van der Waals surface area contributed by atoms with Gasteiger partial charge in [0.05, 0.1) is 17.7 Å². The minimum absolute atomic E-state index is 0.0294. The molecule has 1 aliphatic heterocycles. The zero-order valence-electron chi connectivity index (χ0n) is 15.3. The van der Waals surface area contributed by atoms with Crippen LogP contribution in [0.1, 0.15) is 12.8 Å². The molecule has 0 fully saturated rings. The second kappa shape index (κ2) is 7.94. The van der Waals surface area contributed by atoms with Crippen LogP contribution < -0.4 is 15.0 Å². The minimum atomic E-state index is -0.659. The van der Waals surface area contributed by atoms with Gasteiger partial charge >= 0.3 is 0 Å². The number of benzene rings is 2. The summed E-state index contributed by atoms with van der Waals surface area (Å²) in [5, 5.41) is 0.716. The number of nitrogens with zero attached hydrogens (tertiary/aromatic N) is 2. The lowest BCUT2D eigenvalue weighted by atomic mass is 10.1. The van der Waals surface area contributed by atoms with E-state index in [-0.39, 0.29) is 32.6 Å². The van der Waals surface area contributed by atoms with Crippen LogP contribution in [0.4, 0.5) is 4.39 Å². The highest BCUT2D eigenvalue weighted by molar-refractivity contribution is 6.33. The Bertz CT molecular complexity index is 1160. The Hall–Kier alpha value is -2.15. The van der Waals surface area contributed by atoms with E-state index in [1.54, 1.807) is 22.9 Å². The van der Waals surface area contributed by atoms with Gasteiger partial charge in [-0.3, -0.25) is 9.48 Å². The van der Waals surface area contributed by atoms with Gasteiger partial charge < -0.3 is 9.47 Å². The average Bonchev–Trinajstić information content (AvgIpc) is 2.96. The summed E-state index contributed by atoms with van der Waals surface area (Å²) in [6, 6.07) is 7.30. The maximum atomic E-state index is 14.8. The zero-order chi connectivity index (χ0) is 20.7.